The van der Waals surface area contributed by atoms with Crippen LogP contribution >= 0.6 is 0 Å². The van der Waals surface area contributed by atoms with Crippen LogP contribution in [0.1, 0.15) is 54.3 Å². The number of halogens is 1. The number of hydrogen-bond acceptors (Lipinski definition) is 5. The van der Waals surface area contributed by atoms with Crippen molar-refractivity contribution in [3.63, 3.8) is 0 Å². The maximum Gasteiger partial charge on any atom is 0.255 e. The fourth-order valence-corrected chi connectivity index (χ4v) is 4.70. The highest BCUT2D eigenvalue weighted by molar-refractivity contribution is 6.14. The van der Waals surface area contributed by atoms with E-state index in [4.69, 9.17) is 4.42 Å². The molecule has 0 fully saturated rings. The number of benzene rings is 3. The van der Waals surface area contributed by atoms with Crippen LogP contribution in [0.4, 0.5) is 15.8 Å². The zero-order chi connectivity index (χ0) is 29.5. The third-order valence-corrected chi connectivity index (χ3v) is 6.52. The molecule has 0 atom stereocenters. The quantitative estimate of drug-likeness (QED) is 0.266. The predicted molar refractivity (Wildman–Crippen MR) is 154 cm³/mol. The number of rotatable bonds is 3. The number of fused-ring (bicyclic) bond motifs is 5. The smallest absolute Gasteiger partial charge is 0.255 e. The van der Waals surface area contributed by atoms with Crippen LogP contribution in [0, 0.1) is 5.82 Å². The number of amides is 4. The van der Waals surface area contributed by atoms with E-state index in [9.17, 15) is 23.6 Å². The zero-order valence-corrected chi connectivity index (χ0v) is 23.0. The van der Waals surface area contributed by atoms with Gasteiger partial charge in [0.25, 0.3) is 11.8 Å². The van der Waals surface area contributed by atoms with Crippen molar-refractivity contribution in [2.75, 3.05) is 17.7 Å². The summed E-state index contributed by atoms with van der Waals surface area (Å²) in [7, 11) is 1.49. The van der Waals surface area contributed by atoms with Gasteiger partial charge in [0.1, 0.15) is 17.2 Å². The Morgan fingerprint density at radius 2 is 1.56 bits per heavy atom. The van der Waals surface area contributed by atoms with Crippen molar-refractivity contribution in [1.82, 2.24) is 10.6 Å². The normalized spacial score (nSPS) is 13.5. The second-order valence-corrected chi connectivity index (χ2v) is 10.9. The number of hydrogen-bond donors (Lipinski definition) is 4. The molecule has 2 bridgehead atoms. The molecule has 3 aromatic carbocycles. The van der Waals surface area contributed by atoms with E-state index >= 15 is 0 Å². The van der Waals surface area contributed by atoms with E-state index in [0.717, 1.165) is 0 Å². The van der Waals surface area contributed by atoms with Crippen LogP contribution in [-0.4, -0.2) is 36.2 Å². The molecule has 1 aliphatic heterocycles. The summed E-state index contributed by atoms with van der Waals surface area (Å²) >= 11 is 0. The molecule has 0 saturated heterocycles. The number of carbonyl (C=O) groups excluding carboxylic acids is 4. The highest BCUT2D eigenvalue weighted by atomic mass is 19.1. The Morgan fingerprint density at radius 1 is 0.878 bits per heavy atom. The molecule has 0 saturated carbocycles. The minimum atomic E-state index is -0.507. The lowest BCUT2D eigenvalue weighted by atomic mass is 9.96. The summed E-state index contributed by atoms with van der Waals surface area (Å²) in [6, 6.07) is 13.8. The number of anilines is 2. The van der Waals surface area contributed by atoms with E-state index in [-0.39, 0.29) is 36.0 Å². The lowest BCUT2D eigenvalue weighted by Gasteiger charge is -2.21. The minimum absolute atomic E-state index is 0.0621. The van der Waals surface area contributed by atoms with E-state index in [0.29, 0.717) is 44.6 Å². The first-order chi connectivity index (χ1) is 19.4. The highest BCUT2D eigenvalue weighted by Crippen LogP contribution is 2.41. The number of furan rings is 1. The molecule has 4 N–H and O–H groups in total. The molecule has 9 nitrogen and oxygen atoms in total. The van der Waals surface area contributed by atoms with Gasteiger partial charge in [0.15, 0.2) is 0 Å². The molecule has 0 spiro atoms. The molecule has 41 heavy (non-hydrogen) atoms. The monoisotopic (exact) mass is 556 g/mol. The van der Waals surface area contributed by atoms with Gasteiger partial charge in [-0.05, 0) is 74.9 Å². The minimum Gasteiger partial charge on any atom is -0.455 e. The second kappa shape index (κ2) is 10.5. The third kappa shape index (κ3) is 5.81. The van der Waals surface area contributed by atoms with Gasteiger partial charge in [0, 0.05) is 59.3 Å². The lowest BCUT2D eigenvalue weighted by molar-refractivity contribution is -0.121. The summed E-state index contributed by atoms with van der Waals surface area (Å²) in [5.74, 6) is -1.72. The van der Waals surface area contributed by atoms with E-state index in [1.54, 1.807) is 30.3 Å². The first-order valence-electron chi connectivity index (χ1n) is 13.1. The molecule has 0 aliphatic carbocycles. The third-order valence-electron chi connectivity index (χ3n) is 6.52. The van der Waals surface area contributed by atoms with Gasteiger partial charge in [-0.25, -0.2) is 4.39 Å². The van der Waals surface area contributed by atoms with E-state index in [1.165, 1.54) is 31.3 Å². The van der Waals surface area contributed by atoms with Crippen LogP contribution in [-0.2, 0) is 9.59 Å². The average Bonchev–Trinajstić information content (AvgIpc) is 3.27. The van der Waals surface area contributed by atoms with Gasteiger partial charge < -0.3 is 25.7 Å². The molecule has 5 rings (SSSR count). The van der Waals surface area contributed by atoms with Crippen LogP contribution in [0.15, 0.2) is 59.0 Å². The summed E-state index contributed by atoms with van der Waals surface area (Å²) in [6.07, 6.45) is -0.132. The van der Waals surface area contributed by atoms with Crippen molar-refractivity contribution in [1.29, 1.82) is 0 Å². The summed E-state index contributed by atoms with van der Waals surface area (Å²) in [5, 5.41) is 11.6. The summed E-state index contributed by atoms with van der Waals surface area (Å²) < 4.78 is 19.8. The largest absolute Gasteiger partial charge is 0.455 e. The molecule has 0 unspecified atom stereocenters. The lowest BCUT2D eigenvalue weighted by Crippen LogP contribution is -2.40. The van der Waals surface area contributed by atoms with Gasteiger partial charge in [-0.3, -0.25) is 19.2 Å². The summed E-state index contributed by atoms with van der Waals surface area (Å²) in [5.41, 5.74) is 2.62. The maximum atomic E-state index is 13.6. The molecule has 10 heteroatoms. The maximum absolute atomic E-state index is 13.6. The highest BCUT2D eigenvalue weighted by Gasteiger charge is 2.25. The van der Waals surface area contributed by atoms with E-state index in [2.05, 4.69) is 21.3 Å². The Balaban J connectivity index is 1.78. The van der Waals surface area contributed by atoms with Crippen LogP contribution in [0.25, 0.3) is 33.4 Å². The van der Waals surface area contributed by atoms with Crippen molar-refractivity contribution in [2.45, 2.75) is 39.2 Å². The Kier molecular flexibility index (Phi) is 7.08. The standard InChI is InChI=1S/C31H29FN4O5/c1-31(2,3)36-29(39)18-11-17-12-20(13-18)34-25(37)9-10-26(38)35-23-15-24-22(14-21(17)23)27(30(40)33-4)28(41-24)16-5-7-19(32)8-6-16/h5-8,11-15H,9-10H2,1-4H3,(H,33,40)(H,34,37)(H,35,38)(H,36,39). The Morgan fingerprint density at radius 3 is 2.22 bits per heavy atom. The molecular weight excluding hydrogens is 527 g/mol. The van der Waals surface area contributed by atoms with Crippen LogP contribution in [0.5, 0.6) is 0 Å². The molecule has 210 valence electrons. The molecule has 1 aromatic heterocycles. The summed E-state index contributed by atoms with van der Waals surface area (Å²) in [6.45, 7) is 5.58. The molecule has 4 amide bonds. The zero-order valence-electron chi connectivity index (χ0n) is 23.0. The van der Waals surface area contributed by atoms with Gasteiger partial charge in [-0.1, -0.05) is 0 Å². The molecular formula is C31H29FN4O5. The first kappa shape index (κ1) is 27.6. The Bertz CT molecular complexity index is 1720. The molecule has 2 heterocycles. The van der Waals surface area contributed by atoms with E-state index < -0.39 is 23.2 Å². The summed E-state index contributed by atoms with van der Waals surface area (Å²) in [4.78, 5) is 51.7. The van der Waals surface area contributed by atoms with Crippen LogP contribution < -0.4 is 21.3 Å². The average molecular weight is 557 g/mol. The molecule has 4 aromatic rings. The number of nitrogens with one attached hydrogen (secondary N) is 4. The van der Waals surface area contributed by atoms with Gasteiger partial charge in [0.2, 0.25) is 11.8 Å². The van der Waals surface area contributed by atoms with Crippen LogP contribution in [0.2, 0.25) is 0 Å². The topological polar surface area (TPSA) is 130 Å². The predicted octanol–water partition coefficient (Wildman–Crippen LogP) is 5.46. The van der Waals surface area contributed by atoms with Crippen molar-refractivity contribution in [3.8, 4) is 22.5 Å². The van der Waals surface area contributed by atoms with Crippen molar-refractivity contribution in [2.24, 2.45) is 0 Å². The fourth-order valence-electron chi connectivity index (χ4n) is 4.70. The second-order valence-electron chi connectivity index (χ2n) is 10.9. The molecule has 1 aliphatic rings. The fraction of sp³-hybridized carbons (Fsp3) is 0.226. The SMILES string of the molecule is CNC(=O)c1c(-c2ccc(F)cc2)oc2cc3c(cc12)-c1cc(cc(C(=O)NC(C)(C)C)c1)NC(=O)CCC(=O)N3. The van der Waals surface area contributed by atoms with Crippen molar-refractivity contribution < 1.29 is 28.0 Å². The Labute approximate surface area is 235 Å². The Hall–Kier alpha value is -4.99. The van der Waals surface area contributed by atoms with Gasteiger partial charge in [-0.15, -0.1) is 0 Å². The van der Waals surface area contributed by atoms with Crippen LogP contribution in [0.3, 0.4) is 0 Å². The van der Waals surface area contributed by atoms with Gasteiger partial charge in [0.05, 0.1) is 11.3 Å². The van der Waals surface area contributed by atoms with Crippen molar-refractivity contribution >= 4 is 46.0 Å². The molecule has 0 radical (unpaired) electrons. The van der Waals surface area contributed by atoms with E-state index in [1.807, 2.05) is 20.8 Å². The van der Waals surface area contributed by atoms with Crippen molar-refractivity contribution in [3.05, 3.63) is 71.5 Å². The first-order valence-corrected chi connectivity index (χ1v) is 13.1. The van der Waals surface area contributed by atoms with Gasteiger partial charge >= 0.3 is 0 Å². The van der Waals surface area contributed by atoms with Gasteiger partial charge in [-0.2, -0.15) is 0 Å². The number of carbonyl (C=O) groups is 4.